The first-order valence-corrected chi connectivity index (χ1v) is 10.4. The van der Waals surface area contributed by atoms with Gasteiger partial charge in [0.25, 0.3) is 0 Å². The number of nitrogens with one attached hydrogen (secondary N) is 3. The summed E-state index contributed by atoms with van der Waals surface area (Å²) >= 11 is 5.27. The van der Waals surface area contributed by atoms with Crippen molar-refractivity contribution in [3.8, 4) is 0 Å². The van der Waals surface area contributed by atoms with Crippen LogP contribution in [0, 0.1) is 13.8 Å². The average Bonchev–Trinajstić information content (AvgIpc) is 2.74. The van der Waals surface area contributed by atoms with Gasteiger partial charge in [-0.25, -0.2) is 0 Å². The van der Waals surface area contributed by atoms with Crippen LogP contribution in [0.15, 0.2) is 48.5 Å². The van der Waals surface area contributed by atoms with E-state index in [1.165, 1.54) is 5.69 Å². The molecule has 1 fully saturated rings. The summed E-state index contributed by atoms with van der Waals surface area (Å²) in [7, 11) is 0. The maximum atomic E-state index is 12.2. The number of hydrogen-bond acceptors (Lipinski definition) is 4. The highest BCUT2D eigenvalue weighted by Crippen LogP contribution is 2.16. The van der Waals surface area contributed by atoms with Crippen molar-refractivity contribution in [3.63, 3.8) is 0 Å². The highest BCUT2D eigenvalue weighted by Gasteiger charge is 2.17. The smallest absolute Gasteiger partial charge is 0.239 e. The zero-order valence-electron chi connectivity index (χ0n) is 17.1. The van der Waals surface area contributed by atoms with Gasteiger partial charge in [0, 0.05) is 50.5 Å². The Bertz CT molecular complexity index is 834. The molecule has 2 aromatic rings. The number of amides is 1. The van der Waals surface area contributed by atoms with Gasteiger partial charge in [0.15, 0.2) is 5.11 Å². The van der Waals surface area contributed by atoms with Gasteiger partial charge in [-0.3, -0.25) is 20.5 Å². The number of rotatable bonds is 5. The predicted molar refractivity (Wildman–Crippen MR) is 123 cm³/mol. The number of anilines is 2. The Morgan fingerprint density at radius 3 is 2.45 bits per heavy atom. The Labute approximate surface area is 178 Å². The van der Waals surface area contributed by atoms with Gasteiger partial charge in [-0.2, -0.15) is 0 Å². The third-order valence-electron chi connectivity index (χ3n) is 5.11. The van der Waals surface area contributed by atoms with Gasteiger partial charge >= 0.3 is 0 Å². The van der Waals surface area contributed by atoms with Crippen LogP contribution in [0.2, 0.25) is 0 Å². The first-order valence-electron chi connectivity index (χ1n) is 9.97. The standard InChI is InChI=1S/C22H29N5OS/c1-17-8-9-18(2)20(16-17)23-22(29)25-24-21(28)10-11-26-12-14-27(15-13-26)19-6-4-3-5-7-19/h3-9,16H,10-15H2,1-2H3,(H,24,28)(H2,23,25,29). The van der Waals surface area contributed by atoms with Gasteiger partial charge in [-0.15, -0.1) is 0 Å². The van der Waals surface area contributed by atoms with Gasteiger partial charge in [-0.1, -0.05) is 30.3 Å². The lowest BCUT2D eigenvalue weighted by Gasteiger charge is -2.36. The number of nitrogens with zero attached hydrogens (tertiary/aromatic N) is 2. The van der Waals surface area contributed by atoms with E-state index >= 15 is 0 Å². The van der Waals surface area contributed by atoms with Crippen LogP contribution in [0.25, 0.3) is 0 Å². The molecule has 0 radical (unpaired) electrons. The molecule has 0 unspecified atom stereocenters. The Balaban J connectivity index is 1.34. The van der Waals surface area contributed by atoms with Crippen molar-refractivity contribution < 1.29 is 4.79 Å². The lowest BCUT2D eigenvalue weighted by Crippen LogP contribution is -2.48. The Kier molecular flexibility index (Phi) is 7.43. The quantitative estimate of drug-likeness (QED) is 0.520. The summed E-state index contributed by atoms with van der Waals surface area (Å²) < 4.78 is 0. The van der Waals surface area contributed by atoms with E-state index in [1.807, 2.05) is 32.0 Å². The van der Waals surface area contributed by atoms with Crippen LogP contribution in [0.3, 0.4) is 0 Å². The molecular formula is C22H29N5OS. The molecule has 2 aromatic carbocycles. The van der Waals surface area contributed by atoms with Gasteiger partial charge in [-0.05, 0) is 55.4 Å². The fourth-order valence-electron chi connectivity index (χ4n) is 3.34. The van der Waals surface area contributed by atoms with Crippen molar-refractivity contribution in [1.29, 1.82) is 0 Å². The second-order valence-corrected chi connectivity index (χ2v) is 7.77. The topological polar surface area (TPSA) is 59.6 Å². The SMILES string of the molecule is Cc1ccc(C)c(NC(=S)NNC(=O)CCN2CCN(c3ccccc3)CC2)c1. The number of carbonyl (C=O) groups excluding carboxylic acids is 1. The first-order chi connectivity index (χ1) is 14.0. The highest BCUT2D eigenvalue weighted by molar-refractivity contribution is 7.80. The highest BCUT2D eigenvalue weighted by atomic mass is 32.1. The number of carbonyl (C=O) groups is 1. The van der Waals surface area contributed by atoms with Crippen LogP contribution >= 0.6 is 12.2 Å². The minimum atomic E-state index is -0.0689. The molecule has 0 atom stereocenters. The van der Waals surface area contributed by atoms with E-state index in [1.54, 1.807) is 0 Å². The number of para-hydroxylation sites is 1. The van der Waals surface area contributed by atoms with Crippen LogP contribution < -0.4 is 21.1 Å². The molecule has 1 heterocycles. The summed E-state index contributed by atoms with van der Waals surface area (Å²) in [4.78, 5) is 16.9. The number of thiocarbonyl (C=S) groups is 1. The molecule has 3 rings (SSSR count). The number of hydrazine groups is 1. The second kappa shape index (κ2) is 10.2. The summed E-state index contributed by atoms with van der Waals surface area (Å²) in [5, 5.41) is 3.50. The monoisotopic (exact) mass is 411 g/mol. The zero-order valence-corrected chi connectivity index (χ0v) is 17.9. The number of aryl methyl sites for hydroxylation is 2. The van der Waals surface area contributed by atoms with Crippen molar-refractivity contribution in [1.82, 2.24) is 15.8 Å². The van der Waals surface area contributed by atoms with Crippen molar-refractivity contribution in [2.75, 3.05) is 42.9 Å². The minimum Gasteiger partial charge on any atom is -0.369 e. The molecule has 6 nitrogen and oxygen atoms in total. The molecule has 1 aliphatic rings. The van der Waals surface area contributed by atoms with Crippen LogP contribution in [0.1, 0.15) is 17.5 Å². The molecule has 0 bridgehead atoms. The van der Waals surface area contributed by atoms with Crippen LogP contribution in [-0.4, -0.2) is 48.6 Å². The van der Waals surface area contributed by atoms with Crippen molar-refractivity contribution >= 4 is 34.6 Å². The van der Waals surface area contributed by atoms with Crippen molar-refractivity contribution in [2.45, 2.75) is 20.3 Å². The summed E-state index contributed by atoms with van der Waals surface area (Å²) in [5.74, 6) is -0.0689. The van der Waals surface area contributed by atoms with E-state index in [4.69, 9.17) is 12.2 Å². The molecule has 0 aromatic heterocycles. The summed E-state index contributed by atoms with van der Waals surface area (Å²) in [6.07, 6.45) is 0.435. The summed E-state index contributed by atoms with van der Waals surface area (Å²) in [6, 6.07) is 16.6. The lowest BCUT2D eigenvalue weighted by atomic mass is 10.1. The van der Waals surface area contributed by atoms with Crippen LogP contribution in [0.5, 0.6) is 0 Å². The second-order valence-electron chi connectivity index (χ2n) is 7.36. The fraction of sp³-hybridized carbons (Fsp3) is 0.364. The Hall–Kier alpha value is -2.64. The molecule has 154 valence electrons. The third-order valence-corrected chi connectivity index (χ3v) is 5.31. The number of piperazine rings is 1. The van der Waals surface area contributed by atoms with E-state index in [0.717, 1.165) is 49.5 Å². The maximum Gasteiger partial charge on any atom is 0.239 e. The van der Waals surface area contributed by atoms with Crippen molar-refractivity contribution in [2.24, 2.45) is 0 Å². The molecule has 29 heavy (non-hydrogen) atoms. The lowest BCUT2D eigenvalue weighted by molar-refractivity contribution is -0.122. The largest absolute Gasteiger partial charge is 0.369 e. The molecule has 1 aliphatic heterocycles. The first kappa shape index (κ1) is 21.1. The molecule has 1 saturated heterocycles. The van der Waals surface area contributed by atoms with E-state index in [2.05, 4.69) is 56.3 Å². The molecule has 7 heteroatoms. The third kappa shape index (κ3) is 6.44. The molecule has 3 N–H and O–H groups in total. The van der Waals surface area contributed by atoms with Gasteiger partial charge < -0.3 is 10.2 Å². The van der Waals surface area contributed by atoms with E-state index in [-0.39, 0.29) is 5.91 Å². The van der Waals surface area contributed by atoms with E-state index in [9.17, 15) is 4.79 Å². The Morgan fingerprint density at radius 1 is 1.00 bits per heavy atom. The average molecular weight is 412 g/mol. The van der Waals surface area contributed by atoms with E-state index < -0.39 is 0 Å². The molecule has 0 spiro atoms. The predicted octanol–water partition coefficient (Wildman–Crippen LogP) is 2.83. The Morgan fingerprint density at radius 2 is 1.72 bits per heavy atom. The molecule has 1 amide bonds. The van der Waals surface area contributed by atoms with Crippen LogP contribution in [-0.2, 0) is 4.79 Å². The molecule has 0 saturated carbocycles. The number of benzene rings is 2. The summed E-state index contributed by atoms with van der Waals surface area (Å²) in [6.45, 7) is 8.67. The van der Waals surface area contributed by atoms with Gasteiger partial charge in [0.2, 0.25) is 5.91 Å². The summed E-state index contributed by atoms with van der Waals surface area (Å²) in [5.41, 5.74) is 9.92. The van der Waals surface area contributed by atoms with Gasteiger partial charge in [0.1, 0.15) is 0 Å². The normalized spacial score (nSPS) is 14.3. The maximum absolute atomic E-state index is 12.2. The minimum absolute atomic E-state index is 0.0689. The zero-order chi connectivity index (χ0) is 20.6. The molecular weight excluding hydrogens is 382 g/mol. The molecule has 0 aliphatic carbocycles. The van der Waals surface area contributed by atoms with E-state index in [0.29, 0.717) is 11.5 Å². The van der Waals surface area contributed by atoms with Gasteiger partial charge in [0.05, 0.1) is 0 Å². The van der Waals surface area contributed by atoms with Crippen LogP contribution in [0.4, 0.5) is 11.4 Å². The van der Waals surface area contributed by atoms with Crippen molar-refractivity contribution in [3.05, 3.63) is 59.7 Å². The fourth-order valence-corrected chi connectivity index (χ4v) is 3.50. The number of hydrogen-bond donors (Lipinski definition) is 3.